The monoisotopic (exact) mass is 450 g/mol. The lowest BCUT2D eigenvalue weighted by atomic mass is 9.90. The van der Waals surface area contributed by atoms with Crippen LogP contribution in [0.4, 0.5) is 0 Å². The highest BCUT2D eigenvalue weighted by Gasteiger charge is 2.31. The molecule has 0 atom stereocenters. The van der Waals surface area contributed by atoms with Crippen LogP contribution in [-0.4, -0.2) is 30.4 Å². The predicted octanol–water partition coefficient (Wildman–Crippen LogP) is 5.93. The SMILES string of the molecule is CCCn1cc(C2CCN(S(=O)(=O)c3cc(Cl)cc(Cl)c3)CC2)c2ccccc21. The number of nitrogens with zero attached hydrogens (tertiary/aromatic N) is 2. The third-order valence-electron chi connectivity index (χ3n) is 5.65. The Bertz CT molecular complexity index is 1110. The lowest BCUT2D eigenvalue weighted by Gasteiger charge is -2.31. The van der Waals surface area contributed by atoms with Gasteiger partial charge in [0, 0.05) is 46.8 Å². The molecular formula is C22H24Cl2N2O2S. The largest absolute Gasteiger partial charge is 0.347 e. The number of piperidine rings is 1. The van der Waals surface area contributed by atoms with Crippen molar-refractivity contribution in [3.8, 4) is 0 Å². The minimum atomic E-state index is -3.60. The molecule has 4 nitrogen and oxygen atoms in total. The van der Waals surface area contributed by atoms with E-state index in [1.807, 2.05) is 0 Å². The second-order valence-corrected chi connectivity index (χ2v) is 10.4. The third kappa shape index (κ3) is 4.06. The molecule has 1 aromatic heterocycles. The molecule has 0 aliphatic carbocycles. The zero-order valence-electron chi connectivity index (χ0n) is 16.3. The quantitative estimate of drug-likeness (QED) is 0.483. The van der Waals surface area contributed by atoms with Crippen LogP contribution in [0.1, 0.15) is 37.7 Å². The van der Waals surface area contributed by atoms with E-state index >= 15 is 0 Å². The first-order valence-corrected chi connectivity index (χ1v) is 12.1. The Labute approximate surface area is 182 Å². The molecule has 1 fully saturated rings. The first-order chi connectivity index (χ1) is 13.9. The van der Waals surface area contributed by atoms with Gasteiger partial charge >= 0.3 is 0 Å². The molecule has 0 amide bonds. The highest BCUT2D eigenvalue weighted by atomic mass is 35.5. The van der Waals surface area contributed by atoms with E-state index in [0.29, 0.717) is 29.1 Å². The summed E-state index contributed by atoms with van der Waals surface area (Å²) in [4.78, 5) is 0.160. The van der Waals surface area contributed by atoms with Gasteiger partial charge < -0.3 is 4.57 Å². The van der Waals surface area contributed by atoms with Crippen molar-refractivity contribution in [3.05, 3.63) is 64.3 Å². The fraction of sp³-hybridized carbons (Fsp3) is 0.364. The van der Waals surface area contributed by atoms with Gasteiger partial charge in [-0.2, -0.15) is 4.31 Å². The predicted molar refractivity (Wildman–Crippen MR) is 119 cm³/mol. The maximum absolute atomic E-state index is 13.0. The van der Waals surface area contributed by atoms with Crippen molar-refractivity contribution < 1.29 is 8.42 Å². The minimum Gasteiger partial charge on any atom is -0.347 e. The van der Waals surface area contributed by atoms with E-state index in [2.05, 4.69) is 42.0 Å². The molecule has 1 saturated heterocycles. The molecule has 154 valence electrons. The van der Waals surface area contributed by atoms with Gasteiger partial charge in [-0.25, -0.2) is 8.42 Å². The van der Waals surface area contributed by atoms with Gasteiger partial charge in [-0.3, -0.25) is 0 Å². The molecular weight excluding hydrogens is 427 g/mol. The third-order valence-corrected chi connectivity index (χ3v) is 7.96. The standard InChI is InChI=1S/C22H24Cl2N2O2S/c1-2-9-25-15-21(20-5-3-4-6-22(20)25)16-7-10-26(11-8-16)29(27,28)19-13-17(23)12-18(24)14-19/h3-6,12-16H,2,7-11H2,1H3. The van der Waals surface area contributed by atoms with Gasteiger partial charge in [0.15, 0.2) is 0 Å². The zero-order valence-corrected chi connectivity index (χ0v) is 18.6. The molecule has 2 heterocycles. The van der Waals surface area contributed by atoms with Gasteiger partial charge in [0.05, 0.1) is 4.90 Å². The van der Waals surface area contributed by atoms with E-state index < -0.39 is 10.0 Å². The van der Waals surface area contributed by atoms with Gasteiger partial charge in [-0.1, -0.05) is 48.3 Å². The van der Waals surface area contributed by atoms with Crippen molar-refractivity contribution >= 4 is 44.1 Å². The molecule has 29 heavy (non-hydrogen) atoms. The number of para-hydroxylation sites is 1. The number of rotatable bonds is 5. The molecule has 1 aliphatic heterocycles. The van der Waals surface area contributed by atoms with Crippen molar-refractivity contribution in [2.75, 3.05) is 13.1 Å². The Balaban J connectivity index is 1.56. The molecule has 0 saturated carbocycles. The van der Waals surface area contributed by atoms with Crippen molar-refractivity contribution in [1.29, 1.82) is 0 Å². The average molecular weight is 451 g/mol. The highest BCUT2D eigenvalue weighted by Crippen LogP contribution is 2.36. The summed E-state index contributed by atoms with van der Waals surface area (Å²) < 4.78 is 30.0. The number of sulfonamides is 1. The second-order valence-electron chi connectivity index (χ2n) is 7.58. The number of benzene rings is 2. The van der Waals surface area contributed by atoms with E-state index in [4.69, 9.17) is 23.2 Å². The maximum atomic E-state index is 13.0. The Hall–Kier alpha value is -1.53. The molecule has 0 bridgehead atoms. The molecule has 0 unspecified atom stereocenters. The number of aromatic nitrogens is 1. The van der Waals surface area contributed by atoms with Gasteiger partial charge in [-0.15, -0.1) is 0 Å². The van der Waals surface area contributed by atoms with Crippen molar-refractivity contribution in [2.45, 2.75) is 43.5 Å². The number of aryl methyl sites for hydroxylation is 1. The molecule has 0 N–H and O–H groups in total. The first kappa shape index (κ1) is 20.7. The number of halogens is 2. The van der Waals surface area contributed by atoms with E-state index in [-0.39, 0.29) is 4.90 Å². The minimum absolute atomic E-state index is 0.160. The maximum Gasteiger partial charge on any atom is 0.243 e. The van der Waals surface area contributed by atoms with Crippen molar-refractivity contribution in [1.82, 2.24) is 8.87 Å². The topological polar surface area (TPSA) is 42.3 Å². The Morgan fingerprint density at radius 1 is 1.03 bits per heavy atom. The summed E-state index contributed by atoms with van der Waals surface area (Å²) in [5.74, 6) is 0.354. The molecule has 4 rings (SSSR count). The van der Waals surface area contributed by atoms with Crippen LogP contribution < -0.4 is 0 Å². The van der Waals surface area contributed by atoms with Gasteiger partial charge in [0.1, 0.15) is 0 Å². The summed E-state index contributed by atoms with van der Waals surface area (Å²) >= 11 is 12.0. The van der Waals surface area contributed by atoms with Crippen LogP contribution in [0.15, 0.2) is 53.6 Å². The Kier molecular flexibility index (Phi) is 5.94. The first-order valence-electron chi connectivity index (χ1n) is 9.94. The summed E-state index contributed by atoms with van der Waals surface area (Å²) in [5, 5.41) is 1.94. The number of hydrogen-bond acceptors (Lipinski definition) is 2. The summed E-state index contributed by atoms with van der Waals surface area (Å²) in [6, 6.07) is 13.0. The summed E-state index contributed by atoms with van der Waals surface area (Å²) in [5.41, 5.74) is 2.59. The molecule has 2 aromatic carbocycles. The normalized spacial score (nSPS) is 16.5. The second kappa shape index (κ2) is 8.31. The van der Waals surface area contributed by atoms with Crippen molar-refractivity contribution in [3.63, 3.8) is 0 Å². The van der Waals surface area contributed by atoms with Crippen LogP contribution in [0.2, 0.25) is 10.0 Å². The van der Waals surface area contributed by atoms with E-state index in [9.17, 15) is 8.42 Å². The Morgan fingerprint density at radius 3 is 2.34 bits per heavy atom. The van der Waals surface area contributed by atoms with E-state index in [0.717, 1.165) is 25.8 Å². The molecule has 7 heteroatoms. The van der Waals surface area contributed by atoms with E-state index in [1.165, 1.54) is 28.6 Å². The van der Waals surface area contributed by atoms with Crippen LogP contribution in [0, 0.1) is 0 Å². The fourth-order valence-electron chi connectivity index (χ4n) is 4.26. The lowest BCUT2D eigenvalue weighted by molar-refractivity contribution is 0.320. The number of hydrogen-bond donors (Lipinski definition) is 0. The summed E-state index contributed by atoms with van der Waals surface area (Å²) in [6.07, 6.45) is 4.94. The van der Waals surface area contributed by atoms with Crippen LogP contribution in [-0.2, 0) is 16.6 Å². The Morgan fingerprint density at radius 2 is 1.69 bits per heavy atom. The summed E-state index contributed by atoms with van der Waals surface area (Å²) in [6.45, 7) is 4.15. The fourth-order valence-corrected chi connectivity index (χ4v) is 6.46. The molecule has 3 aromatic rings. The van der Waals surface area contributed by atoms with Crippen LogP contribution in [0.3, 0.4) is 0 Å². The average Bonchev–Trinajstić information content (AvgIpc) is 3.06. The van der Waals surface area contributed by atoms with Gasteiger partial charge in [0.25, 0.3) is 0 Å². The molecule has 0 spiro atoms. The molecule has 0 radical (unpaired) electrons. The zero-order chi connectivity index (χ0) is 20.6. The highest BCUT2D eigenvalue weighted by molar-refractivity contribution is 7.89. The van der Waals surface area contributed by atoms with Gasteiger partial charge in [0.2, 0.25) is 10.0 Å². The van der Waals surface area contributed by atoms with Crippen LogP contribution >= 0.6 is 23.2 Å². The molecule has 1 aliphatic rings. The summed E-state index contributed by atoms with van der Waals surface area (Å²) in [7, 11) is -3.60. The van der Waals surface area contributed by atoms with Gasteiger partial charge in [-0.05, 0) is 55.0 Å². The van der Waals surface area contributed by atoms with E-state index in [1.54, 1.807) is 10.4 Å². The van der Waals surface area contributed by atoms with Crippen molar-refractivity contribution in [2.24, 2.45) is 0 Å². The lowest BCUT2D eigenvalue weighted by Crippen LogP contribution is -2.37. The van der Waals surface area contributed by atoms with Crippen LogP contribution in [0.5, 0.6) is 0 Å². The number of fused-ring (bicyclic) bond motifs is 1. The smallest absolute Gasteiger partial charge is 0.243 e. The van der Waals surface area contributed by atoms with Crippen LogP contribution in [0.25, 0.3) is 10.9 Å².